The Morgan fingerprint density at radius 2 is 1.90 bits per heavy atom. The first kappa shape index (κ1) is 19.1. The number of anilines is 2. The Morgan fingerprint density at radius 1 is 1.10 bits per heavy atom. The zero-order valence-electron chi connectivity index (χ0n) is 17.3. The van der Waals surface area contributed by atoms with Crippen LogP contribution in [0.5, 0.6) is 0 Å². The molecule has 6 heteroatoms. The molecule has 0 radical (unpaired) electrons. The molecule has 1 atom stereocenters. The molecule has 1 N–H and O–H groups in total. The molecule has 3 heterocycles. The van der Waals surface area contributed by atoms with E-state index in [4.69, 9.17) is 0 Å². The van der Waals surface area contributed by atoms with Gasteiger partial charge < -0.3 is 14.8 Å². The summed E-state index contributed by atoms with van der Waals surface area (Å²) in [6.07, 6.45) is 1.06. The maximum atomic E-state index is 13.5. The summed E-state index contributed by atoms with van der Waals surface area (Å²) in [5.41, 5.74) is 3.23. The van der Waals surface area contributed by atoms with E-state index < -0.39 is 0 Å². The van der Waals surface area contributed by atoms with Crippen LogP contribution in [0, 0.1) is 5.82 Å². The van der Waals surface area contributed by atoms with Crippen molar-refractivity contribution in [2.45, 2.75) is 19.3 Å². The minimum atomic E-state index is -0.211. The van der Waals surface area contributed by atoms with Crippen LogP contribution in [0.2, 0.25) is 0 Å². The summed E-state index contributed by atoms with van der Waals surface area (Å²) >= 11 is 0. The largest absolute Gasteiger partial charge is 0.356 e. The molecule has 1 saturated heterocycles. The van der Waals surface area contributed by atoms with Crippen LogP contribution in [0.15, 0.2) is 48.5 Å². The highest BCUT2D eigenvalue weighted by atomic mass is 19.1. The second kappa shape index (κ2) is 7.76. The summed E-state index contributed by atoms with van der Waals surface area (Å²) in [7, 11) is 0. The van der Waals surface area contributed by atoms with Gasteiger partial charge in [-0.3, -0.25) is 9.69 Å². The first-order chi connectivity index (χ1) is 14.6. The van der Waals surface area contributed by atoms with Crippen molar-refractivity contribution in [2.24, 2.45) is 0 Å². The third-order valence-corrected chi connectivity index (χ3v) is 6.53. The minimum absolute atomic E-state index is 0.122. The van der Waals surface area contributed by atoms with E-state index in [9.17, 15) is 9.18 Å². The number of amides is 1. The molecule has 0 saturated carbocycles. The number of carbonyl (C=O) groups is 1. The van der Waals surface area contributed by atoms with Crippen LogP contribution in [0.4, 0.5) is 15.9 Å². The molecule has 0 spiro atoms. The Balaban J connectivity index is 1.18. The molecule has 3 aromatic rings. The number of piperazine rings is 1. The standard InChI is InChI=1S/C24H27FN4O/c1-17(30)29-16-19(21-4-2-3-5-23(21)29)8-9-27-10-12-28(13-11-27)24-14-18-6-7-20(25)15-22(18)26-24/h2-7,14-15,19,26H,8-13,16H2,1H3. The Hall–Kier alpha value is -2.86. The van der Waals surface area contributed by atoms with E-state index in [2.05, 4.69) is 39.0 Å². The highest BCUT2D eigenvalue weighted by Crippen LogP contribution is 2.38. The van der Waals surface area contributed by atoms with Gasteiger partial charge in [0.2, 0.25) is 5.91 Å². The fraction of sp³-hybridized carbons (Fsp3) is 0.375. The monoisotopic (exact) mass is 406 g/mol. The molecule has 30 heavy (non-hydrogen) atoms. The van der Waals surface area contributed by atoms with Crippen molar-refractivity contribution in [3.63, 3.8) is 0 Å². The number of carbonyl (C=O) groups excluding carboxylic acids is 1. The van der Waals surface area contributed by atoms with E-state index in [1.165, 1.54) is 11.6 Å². The number of hydrogen-bond acceptors (Lipinski definition) is 3. The zero-order chi connectivity index (χ0) is 20.7. The Labute approximate surface area is 176 Å². The van der Waals surface area contributed by atoms with Gasteiger partial charge in [0.05, 0.1) is 0 Å². The van der Waals surface area contributed by atoms with Crippen LogP contribution in [-0.4, -0.2) is 55.1 Å². The number of nitrogens with zero attached hydrogens (tertiary/aromatic N) is 3. The second-order valence-corrected chi connectivity index (χ2v) is 8.39. The molecule has 2 aromatic carbocycles. The van der Waals surface area contributed by atoms with E-state index >= 15 is 0 Å². The van der Waals surface area contributed by atoms with Gasteiger partial charge in [-0.1, -0.05) is 18.2 Å². The van der Waals surface area contributed by atoms with E-state index in [-0.39, 0.29) is 11.7 Å². The first-order valence-electron chi connectivity index (χ1n) is 10.7. The molecule has 1 aromatic heterocycles. The third-order valence-electron chi connectivity index (χ3n) is 6.53. The molecule has 5 rings (SSSR count). The predicted octanol–water partition coefficient (Wildman–Crippen LogP) is 3.97. The van der Waals surface area contributed by atoms with Gasteiger partial charge in [-0.25, -0.2) is 4.39 Å². The van der Waals surface area contributed by atoms with Crippen molar-refractivity contribution >= 4 is 28.3 Å². The summed E-state index contributed by atoms with van der Waals surface area (Å²) < 4.78 is 13.5. The van der Waals surface area contributed by atoms with E-state index in [0.29, 0.717) is 5.92 Å². The van der Waals surface area contributed by atoms with Crippen molar-refractivity contribution in [3.8, 4) is 0 Å². The summed E-state index contributed by atoms with van der Waals surface area (Å²) in [4.78, 5) is 22.1. The Morgan fingerprint density at radius 3 is 2.70 bits per heavy atom. The summed E-state index contributed by atoms with van der Waals surface area (Å²) in [5.74, 6) is 1.39. The van der Waals surface area contributed by atoms with Crippen LogP contribution < -0.4 is 9.80 Å². The number of rotatable bonds is 4. The third kappa shape index (κ3) is 3.56. The number of hydrogen-bond donors (Lipinski definition) is 1. The van der Waals surface area contributed by atoms with Crippen molar-refractivity contribution in [1.82, 2.24) is 9.88 Å². The fourth-order valence-electron chi connectivity index (χ4n) is 4.85. The van der Waals surface area contributed by atoms with Crippen molar-refractivity contribution in [3.05, 3.63) is 59.9 Å². The number of aromatic amines is 1. The van der Waals surface area contributed by atoms with Crippen LogP contribution in [0.25, 0.3) is 10.9 Å². The van der Waals surface area contributed by atoms with Gasteiger partial charge in [0.25, 0.3) is 0 Å². The van der Waals surface area contributed by atoms with Crippen LogP contribution in [0.3, 0.4) is 0 Å². The number of para-hydroxylation sites is 1. The molecule has 1 unspecified atom stereocenters. The SMILES string of the molecule is CC(=O)N1CC(CCN2CCN(c3cc4ccc(F)cc4[nH]3)CC2)c2ccccc21. The fourth-order valence-corrected chi connectivity index (χ4v) is 4.85. The van der Waals surface area contributed by atoms with Gasteiger partial charge in [0.15, 0.2) is 0 Å². The van der Waals surface area contributed by atoms with E-state index in [0.717, 1.165) is 68.1 Å². The number of aromatic nitrogens is 1. The van der Waals surface area contributed by atoms with Gasteiger partial charge in [-0.15, -0.1) is 0 Å². The lowest BCUT2D eigenvalue weighted by atomic mass is 9.97. The van der Waals surface area contributed by atoms with Crippen LogP contribution >= 0.6 is 0 Å². The van der Waals surface area contributed by atoms with E-state index in [1.807, 2.05) is 17.0 Å². The predicted molar refractivity (Wildman–Crippen MR) is 119 cm³/mol. The van der Waals surface area contributed by atoms with Crippen LogP contribution in [0.1, 0.15) is 24.8 Å². The topological polar surface area (TPSA) is 42.6 Å². The average molecular weight is 407 g/mol. The number of nitrogens with one attached hydrogen (secondary N) is 1. The molecule has 0 aliphatic carbocycles. The van der Waals surface area contributed by atoms with Gasteiger partial charge in [0, 0.05) is 62.2 Å². The lowest BCUT2D eigenvalue weighted by Gasteiger charge is -2.35. The van der Waals surface area contributed by atoms with Gasteiger partial charge in [-0.2, -0.15) is 0 Å². The lowest BCUT2D eigenvalue weighted by molar-refractivity contribution is -0.116. The molecule has 5 nitrogen and oxygen atoms in total. The highest BCUT2D eigenvalue weighted by Gasteiger charge is 2.30. The molecule has 156 valence electrons. The smallest absolute Gasteiger partial charge is 0.223 e. The molecular formula is C24H27FN4O. The molecule has 1 amide bonds. The number of fused-ring (bicyclic) bond motifs is 2. The maximum absolute atomic E-state index is 13.5. The van der Waals surface area contributed by atoms with Gasteiger partial charge in [-0.05, 0) is 48.9 Å². The Bertz CT molecular complexity index is 1070. The van der Waals surface area contributed by atoms with Crippen molar-refractivity contribution in [2.75, 3.05) is 49.1 Å². The normalized spacial score (nSPS) is 19.5. The molecule has 2 aliphatic heterocycles. The molecule has 0 bridgehead atoms. The minimum Gasteiger partial charge on any atom is -0.356 e. The van der Waals surface area contributed by atoms with Gasteiger partial charge >= 0.3 is 0 Å². The van der Waals surface area contributed by atoms with Crippen LogP contribution in [-0.2, 0) is 4.79 Å². The summed E-state index contributed by atoms with van der Waals surface area (Å²) in [5, 5.41) is 1.05. The number of halogens is 1. The summed E-state index contributed by atoms with van der Waals surface area (Å²) in [6, 6.07) is 15.3. The second-order valence-electron chi connectivity index (χ2n) is 8.39. The number of benzene rings is 2. The Kier molecular flexibility index (Phi) is 4.95. The average Bonchev–Trinajstić information content (AvgIpc) is 3.34. The van der Waals surface area contributed by atoms with Crippen molar-refractivity contribution < 1.29 is 9.18 Å². The number of H-pyrrole nitrogens is 1. The first-order valence-corrected chi connectivity index (χ1v) is 10.7. The highest BCUT2D eigenvalue weighted by molar-refractivity contribution is 5.94. The maximum Gasteiger partial charge on any atom is 0.223 e. The molecular weight excluding hydrogens is 379 g/mol. The molecule has 1 fully saturated rings. The quantitative estimate of drug-likeness (QED) is 0.713. The van der Waals surface area contributed by atoms with E-state index in [1.54, 1.807) is 13.0 Å². The van der Waals surface area contributed by atoms with Gasteiger partial charge in [0.1, 0.15) is 11.6 Å². The zero-order valence-corrected chi connectivity index (χ0v) is 17.3. The molecule has 2 aliphatic rings. The summed E-state index contributed by atoms with van der Waals surface area (Å²) in [6.45, 7) is 7.41. The van der Waals surface area contributed by atoms with Crippen molar-refractivity contribution in [1.29, 1.82) is 0 Å². The lowest BCUT2D eigenvalue weighted by Crippen LogP contribution is -2.47.